The summed E-state index contributed by atoms with van der Waals surface area (Å²) in [6.45, 7) is 2.07. The standard InChI is InChI=1S/C20H25N3O3/c1-22(2)19-9-5-8-17(21-19)18-13-23(10-11-26-18)20(24)16-7-4-6-15(12-16)14-25-3/h4-9,12,18H,10-11,13-14H2,1-3H3. The number of anilines is 1. The van der Waals surface area contributed by atoms with Gasteiger partial charge in [-0.1, -0.05) is 18.2 Å². The van der Waals surface area contributed by atoms with Crippen molar-refractivity contribution in [3.63, 3.8) is 0 Å². The fourth-order valence-electron chi connectivity index (χ4n) is 3.02. The molecule has 0 bridgehead atoms. The lowest BCUT2D eigenvalue weighted by atomic mass is 10.1. The van der Waals surface area contributed by atoms with E-state index in [-0.39, 0.29) is 12.0 Å². The monoisotopic (exact) mass is 355 g/mol. The fraction of sp³-hybridized carbons (Fsp3) is 0.400. The van der Waals surface area contributed by atoms with Crippen LogP contribution >= 0.6 is 0 Å². The number of carbonyl (C=O) groups excluding carboxylic acids is 1. The Morgan fingerprint density at radius 1 is 1.31 bits per heavy atom. The molecule has 138 valence electrons. The summed E-state index contributed by atoms with van der Waals surface area (Å²) in [6, 6.07) is 13.5. The van der Waals surface area contributed by atoms with Crippen molar-refractivity contribution in [2.75, 3.05) is 45.8 Å². The molecule has 2 aromatic rings. The Balaban J connectivity index is 1.75. The van der Waals surface area contributed by atoms with Crippen LogP contribution in [0.2, 0.25) is 0 Å². The molecular weight excluding hydrogens is 330 g/mol. The zero-order chi connectivity index (χ0) is 18.5. The van der Waals surface area contributed by atoms with E-state index in [1.165, 1.54) is 0 Å². The summed E-state index contributed by atoms with van der Waals surface area (Å²) < 4.78 is 11.0. The largest absolute Gasteiger partial charge is 0.380 e. The first-order chi connectivity index (χ1) is 12.6. The molecule has 0 N–H and O–H groups in total. The van der Waals surface area contributed by atoms with Gasteiger partial charge in [-0.25, -0.2) is 4.98 Å². The van der Waals surface area contributed by atoms with E-state index in [1.807, 2.05) is 66.4 Å². The van der Waals surface area contributed by atoms with Crippen LogP contribution in [0.25, 0.3) is 0 Å². The van der Waals surface area contributed by atoms with Gasteiger partial charge in [-0.05, 0) is 29.8 Å². The van der Waals surface area contributed by atoms with Crippen LogP contribution in [0.15, 0.2) is 42.5 Å². The van der Waals surface area contributed by atoms with E-state index in [2.05, 4.69) is 4.98 Å². The molecule has 0 radical (unpaired) electrons. The molecule has 1 aliphatic heterocycles. The predicted molar refractivity (Wildman–Crippen MR) is 100 cm³/mol. The highest BCUT2D eigenvalue weighted by Crippen LogP contribution is 2.23. The second-order valence-electron chi connectivity index (χ2n) is 6.56. The van der Waals surface area contributed by atoms with E-state index in [1.54, 1.807) is 7.11 Å². The Labute approximate surface area is 154 Å². The van der Waals surface area contributed by atoms with Crippen LogP contribution in [0, 0.1) is 0 Å². The van der Waals surface area contributed by atoms with Crippen LogP contribution in [0.1, 0.15) is 27.7 Å². The van der Waals surface area contributed by atoms with E-state index >= 15 is 0 Å². The number of rotatable bonds is 5. The average Bonchev–Trinajstić information content (AvgIpc) is 2.68. The Morgan fingerprint density at radius 2 is 2.12 bits per heavy atom. The van der Waals surface area contributed by atoms with E-state index in [4.69, 9.17) is 9.47 Å². The Morgan fingerprint density at radius 3 is 2.88 bits per heavy atom. The molecule has 1 aliphatic rings. The van der Waals surface area contributed by atoms with E-state index < -0.39 is 0 Å². The summed E-state index contributed by atoms with van der Waals surface area (Å²) in [5, 5.41) is 0. The van der Waals surface area contributed by atoms with Crippen molar-refractivity contribution in [1.82, 2.24) is 9.88 Å². The molecule has 26 heavy (non-hydrogen) atoms. The quantitative estimate of drug-likeness (QED) is 0.825. The van der Waals surface area contributed by atoms with Crippen LogP contribution in [-0.4, -0.2) is 56.7 Å². The lowest BCUT2D eigenvalue weighted by molar-refractivity contribution is -0.0246. The van der Waals surface area contributed by atoms with Gasteiger partial charge < -0.3 is 19.3 Å². The SMILES string of the molecule is COCc1cccc(C(=O)N2CCOC(c3cccc(N(C)C)n3)C2)c1. The van der Waals surface area contributed by atoms with Gasteiger partial charge >= 0.3 is 0 Å². The van der Waals surface area contributed by atoms with Crippen molar-refractivity contribution in [1.29, 1.82) is 0 Å². The number of hydrogen-bond donors (Lipinski definition) is 0. The number of pyridine rings is 1. The molecule has 0 spiro atoms. The van der Waals surface area contributed by atoms with E-state index in [9.17, 15) is 4.79 Å². The van der Waals surface area contributed by atoms with Crippen LogP contribution in [0.3, 0.4) is 0 Å². The summed E-state index contributed by atoms with van der Waals surface area (Å²) in [5.74, 6) is 0.891. The minimum absolute atomic E-state index is 0.0139. The molecule has 2 heterocycles. The molecule has 1 unspecified atom stereocenters. The Bertz CT molecular complexity index is 763. The molecule has 1 aromatic heterocycles. The van der Waals surface area contributed by atoms with Crippen molar-refractivity contribution >= 4 is 11.7 Å². The number of hydrogen-bond acceptors (Lipinski definition) is 5. The number of aromatic nitrogens is 1. The topological polar surface area (TPSA) is 54.9 Å². The van der Waals surface area contributed by atoms with Crippen molar-refractivity contribution in [3.8, 4) is 0 Å². The van der Waals surface area contributed by atoms with Gasteiger partial charge in [0.25, 0.3) is 5.91 Å². The van der Waals surface area contributed by atoms with Gasteiger partial charge in [0.15, 0.2) is 0 Å². The van der Waals surface area contributed by atoms with Crippen LogP contribution in [0.4, 0.5) is 5.82 Å². The highest BCUT2D eigenvalue weighted by molar-refractivity contribution is 5.94. The highest BCUT2D eigenvalue weighted by Gasteiger charge is 2.27. The summed E-state index contributed by atoms with van der Waals surface area (Å²) in [6.07, 6.45) is -0.213. The zero-order valence-electron chi connectivity index (χ0n) is 15.5. The third kappa shape index (κ3) is 4.20. The number of carbonyl (C=O) groups is 1. The summed E-state index contributed by atoms with van der Waals surface area (Å²) >= 11 is 0. The van der Waals surface area contributed by atoms with Crippen LogP contribution < -0.4 is 4.90 Å². The predicted octanol–water partition coefficient (Wildman–Crippen LogP) is 2.51. The minimum Gasteiger partial charge on any atom is -0.380 e. The third-order valence-electron chi connectivity index (χ3n) is 4.38. The molecule has 1 atom stereocenters. The van der Waals surface area contributed by atoms with Gasteiger partial charge in [-0.3, -0.25) is 4.79 Å². The number of benzene rings is 1. The van der Waals surface area contributed by atoms with E-state index in [0.717, 1.165) is 17.1 Å². The second-order valence-corrected chi connectivity index (χ2v) is 6.56. The maximum atomic E-state index is 12.9. The molecule has 6 heteroatoms. The molecule has 6 nitrogen and oxygen atoms in total. The minimum atomic E-state index is -0.213. The van der Waals surface area contributed by atoms with Crippen molar-refractivity contribution in [2.45, 2.75) is 12.7 Å². The first-order valence-electron chi connectivity index (χ1n) is 8.71. The fourth-order valence-corrected chi connectivity index (χ4v) is 3.02. The Kier molecular flexibility index (Phi) is 5.85. The zero-order valence-corrected chi connectivity index (χ0v) is 15.5. The molecular formula is C20H25N3O3. The van der Waals surface area contributed by atoms with Crippen LogP contribution in [-0.2, 0) is 16.1 Å². The lowest BCUT2D eigenvalue weighted by Gasteiger charge is -2.33. The maximum absolute atomic E-state index is 12.9. The van der Waals surface area contributed by atoms with Crippen LogP contribution in [0.5, 0.6) is 0 Å². The average molecular weight is 355 g/mol. The summed E-state index contributed by atoms with van der Waals surface area (Å²) in [7, 11) is 5.56. The van der Waals surface area contributed by atoms with Gasteiger partial charge in [0.1, 0.15) is 11.9 Å². The molecule has 0 saturated carbocycles. The molecule has 1 saturated heterocycles. The maximum Gasteiger partial charge on any atom is 0.254 e. The van der Waals surface area contributed by atoms with Gasteiger partial charge in [0, 0.05) is 33.3 Å². The lowest BCUT2D eigenvalue weighted by Crippen LogP contribution is -2.42. The number of methoxy groups -OCH3 is 1. The van der Waals surface area contributed by atoms with Gasteiger partial charge in [-0.15, -0.1) is 0 Å². The first kappa shape index (κ1) is 18.4. The van der Waals surface area contributed by atoms with Gasteiger partial charge in [0.05, 0.1) is 25.5 Å². The molecule has 1 amide bonds. The third-order valence-corrected chi connectivity index (χ3v) is 4.38. The number of morpholine rings is 1. The van der Waals surface area contributed by atoms with E-state index in [0.29, 0.717) is 31.9 Å². The normalized spacial score (nSPS) is 17.2. The molecule has 1 aromatic carbocycles. The molecule has 1 fully saturated rings. The highest BCUT2D eigenvalue weighted by atomic mass is 16.5. The smallest absolute Gasteiger partial charge is 0.254 e. The van der Waals surface area contributed by atoms with Gasteiger partial charge in [0.2, 0.25) is 0 Å². The van der Waals surface area contributed by atoms with Crippen molar-refractivity contribution in [3.05, 3.63) is 59.3 Å². The van der Waals surface area contributed by atoms with Gasteiger partial charge in [-0.2, -0.15) is 0 Å². The second kappa shape index (κ2) is 8.29. The molecule has 3 rings (SSSR count). The Hall–Kier alpha value is -2.44. The van der Waals surface area contributed by atoms with Crippen molar-refractivity contribution < 1.29 is 14.3 Å². The van der Waals surface area contributed by atoms with Crippen molar-refractivity contribution in [2.24, 2.45) is 0 Å². The summed E-state index contributed by atoms with van der Waals surface area (Å²) in [4.78, 5) is 21.3. The first-order valence-corrected chi connectivity index (χ1v) is 8.71. The summed E-state index contributed by atoms with van der Waals surface area (Å²) in [5.41, 5.74) is 2.51. The number of amides is 1. The molecule has 0 aliphatic carbocycles. The number of nitrogens with zero attached hydrogens (tertiary/aromatic N) is 3. The number of ether oxygens (including phenoxy) is 2.